The predicted molar refractivity (Wildman–Crippen MR) is 63.8 cm³/mol. The Hall–Kier alpha value is 0.123. The van der Waals surface area contributed by atoms with Gasteiger partial charge in [0, 0.05) is 5.75 Å². The third-order valence-electron chi connectivity index (χ3n) is 1.94. The van der Waals surface area contributed by atoms with Crippen molar-refractivity contribution in [3.05, 3.63) is 30.3 Å². The van der Waals surface area contributed by atoms with Gasteiger partial charge in [-0.25, -0.2) is 0 Å². The molecule has 15 heavy (non-hydrogen) atoms. The Kier molecular flexibility index (Phi) is 12.3. The maximum atomic E-state index is 5.50. The summed E-state index contributed by atoms with van der Waals surface area (Å²) < 4.78 is 5.50. The van der Waals surface area contributed by atoms with Gasteiger partial charge in [0.15, 0.2) is 0 Å². The van der Waals surface area contributed by atoms with E-state index < -0.39 is 0 Å². The number of ether oxygens (including phenoxy) is 1. The van der Waals surface area contributed by atoms with Crippen molar-refractivity contribution in [1.29, 1.82) is 0 Å². The summed E-state index contributed by atoms with van der Waals surface area (Å²) in [4.78, 5) is 0. The Labute approximate surface area is 110 Å². The van der Waals surface area contributed by atoms with Gasteiger partial charge in [0.1, 0.15) is 0 Å². The predicted octanol–water partition coefficient (Wildman–Crippen LogP) is 4.29. The number of unbranched alkanes of at least 4 members (excludes halogenated alkanes) is 3. The van der Waals surface area contributed by atoms with Gasteiger partial charge in [-0.1, -0.05) is 26.2 Å². The Morgan fingerprint density at radius 1 is 1.27 bits per heavy atom. The van der Waals surface area contributed by atoms with Crippen LogP contribution < -0.4 is 4.74 Å². The van der Waals surface area contributed by atoms with Crippen molar-refractivity contribution in [2.75, 3.05) is 6.61 Å². The van der Waals surface area contributed by atoms with Crippen LogP contribution in [0.5, 0.6) is 5.75 Å². The van der Waals surface area contributed by atoms with Crippen molar-refractivity contribution in [2.45, 2.75) is 32.6 Å². The zero-order valence-electron chi connectivity index (χ0n) is 9.34. The molecule has 0 atom stereocenters. The maximum absolute atomic E-state index is 5.50. The van der Waals surface area contributed by atoms with E-state index in [-0.39, 0.29) is 0 Å². The van der Waals surface area contributed by atoms with Gasteiger partial charge in [0.25, 0.3) is 0 Å². The van der Waals surface area contributed by atoms with Gasteiger partial charge < -0.3 is 4.74 Å². The van der Waals surface area contributed by atoms with E-state index in [2.05, 4.69) is 26.6 Å². The summed E-state index contributed by atoms with van der Waals surface area (Å²) in [5.41, 5.74) is 0. The molecule has 0 unspecified atom stereocenters. The van der Waals surface area contributed by atoms with Crippen LogP contribution in [0.4, 0.5) is 0 Å². The topological polar surface area (TPSA) is 9.23 Å². The van der Waals surface area contributed by atoms with Crippen LogP contribution in [0.25, 0.3) is 0 Å². The van der Waals surface area contributed by atoms with Crippen molar-refractivity contribution in [1.82, 2.24) is 0 Å². The molecule has 0 aliphatic rings. The molecule has 80 valence electrons. The van der Waals surface area contributed by atoms with Crippen LogP contribution in [-0.2, 0) is 16.3 Å². The zero-order valence-corrected chi connectivity index (χ0v) is 13.9. The molecule has 1 aromatic rings. The molecule has 0 saturated carbocycles. The first-order valence-corrected chi connectivity index (χ1v) is 12.2. The molecule has 3 heteroatoms. The van der Waals surface area contributed by atoms with E-state index in [0.717, 1.165) is 18.8 Å². The molecule has 0 N–H and O–H groups in total. The average molecular weight is 323 g/mol. The van der Waals surface area contributed by atoms with E-state index in [0.29, 0.717) is 0 Å². The van der Waals surface area contributed by atoms with Crippen LogP contribution in [0.2, 0.25) is 0 Å². The summed E-state index contributed by atoms with van der Waals surface area (Å²) in [7, 11) is 0. The van der Waals surface area contributed by atoms with Gasteiger partial charge in [-0.2, -0.15) is 18.2 Å². The minimum absolute atomic E-state index is 0.820. The van der Waals surface area contributed by atoms with Crippen molar-refractivity contribution < 1.29 is 21.1 Å². The fraction of sp³-hybridized carbons (Fsp3) is 0.500. The summed E-state index contributed by atoms with van der Waals surface area (Å²) in [5.74, 6) is 0.860. The van der Waals surface area contributed by atoms with Crippen molar-refractivity contribution >= 4 is 13.6 Å². The fourth-order valence-corrected chi connectivity index (χ4v) is 1.18. The molecule has 1 nitrogen and oxygen atoms in total. The second kappa shape index (κ2) is 12.2. The summed E-state index contributed by atoms with van der Waals surface area (Å²) in [6.07, 6.45) is 5.00. The van der Waals surface area contributed by atoms with E-state index in [1.54, 1.807) is 0 Å². The third kappa shape index (κ3) is 9.08. The summed E-state index contributed by atoms with van der Waals surface area (Å²) in [6.45, 7) is 3.03. The van der Waals surface area contributed by atoms with Crippen LogP contribution >= 0.6 is 13.6 Å². The molecule has 0 radical (unpaired) electrons. The molecule has 0 aliphatic carbocycles. The molecule has 0 heterocycles. The number of hydrogen-bond donors (Lipinski definition) is 0. The van der Waals surface area contributed by atoms with E-state index in [9.17, 15) is 0 Å². The van der Waals surface area contributed by atoms with E-state index >= 15 is 0 Å². The zero-order chi connectivity index (χ0) is 11.4. The van der Waals surface area contributed by atoms with Crippen molar-refractivity contribution in [3.8, 4) is 5.75 Å². The van der Waals surface area contributed by atoms with Crippen molar-refractivity contribution in [2.24, 2.45) is 0 Å². The van der Waals surface area contributed by atoms with Gasteiger partial charge in [0.05, 0.1) is 6.61 Å². The Morgan fingerprint density at radius 3 is 2.67 bits per heavy atom. The molecule has 0 spiro atoms. The normalized spacial score (nSPS) is 9.07. The number of rotatable bonds is 6. The molecular formula is C12H17BrOZn. The molecule has 1 rings (SSSR count). The first-order chi connectivity index (χ1) is 7.43. The number of halogens is 1. The average Bonchev–Trinajstić information content (AvgIpc) is 2.33. The van der Waals surface area contributed by atoms with Gasteiger partial charge in [-0.05, 0) is 6.42 Å². The first kappa shape index (κ1) is 15.1. The molecule has 0 amide bonds. The Bertz CT molecular complexity index is 216. The quantitative estimate of drug-likeness (QED) is 0.431. The number of benzene rings is 1. The van der Waals surface area contributed by atoms with Gasteiger partial charge in [-0.15, -0.1) is 12.1 Å². The third-order valence-corrected chi connectivity index (χ3v) is 1.94. The van der Waals surface area contributed by atoms with Crippen LogP contribution in [-0.4, -0.2) is 6.61 Å². The second-order valence-corrected chi connectivity index (χ2v) is 3.14. The first-order valence-electron chi connectivity index (χ1n) is 5.29. The molecule has 0 bridgehead atoms. The number of hydrogen-bond acceptors (Lipinski definition) is 1. The fourth-order valence-electron chi connectivity index (χ4n) is 1.18. The van der Waals surface area contributed by atoms with Crippen LogP contribution in [0.1, 0.15) is 32.6 Å². The van der Waals surface area contributed by atoms with E-state index in [4.69, 9.17) is 4.74 Å². The Morgan fingerprint density at radius 2 is 2.07 bits per heavy atom. The van der Waals surface area contributed by atoms with Crippen LogP contribution in [0.15, 0.2) is 24.3 Å². The van der Waals surface area contributed by atoms with Crippen molar-refractivity contribution in [3.63, 3.8) is 0 Å². The minimum atomic E-state index is 0.820. The van der Waals surface area contributed by atoms with Gasteiger partial charge in [0.2, 0.25) is 0 Å². The Balaban J connectivity index is 0.000000921. The SMILES string of the molecule is CCCCCCOc1[c-]cccc1.[Zn+][Br]. The van der Waals surface area contributed by atoms with Gasteiger partial charge >= 0.3 is 30.0 Å². The van der Waals surface area contributed by atoms with Crippen LogP contribution in [0, 0.1) is 6.07 Å². The van der Waals surface area contributed by atoms with Crippen LogP contribution in [0.3, 0.4) is 0 Å². The van der Waals surface area contributed by atoms with E-state index in [1.807, 2.05) is 24.3 Å². The molecule has 0 saturated heterocycles. The molecule has 0 aromatic heterocycles. The van der Waals surface area contributed by atoms with E-state index in [1.165, 1.54) is 35.6 Å². The molecule has 0 fully saturated rings. The summed E-state index contributed by atoms with van der Waals surface area (Å²) in [5, 5.41) is 0. The standard InChI is InChI=1S/C12H17O.BrH.Zn/c1-2-3-4-8-11-13-12-9-6-5-7-10-12;;/h5-7,9H,2-4,8,11H2,1H3;1H;/q-1;;+2/p-1. The number of para-hydroxylation sites is 1. The van der Waals surface area contributed by atoms with Gasteiger partial charge in [-0.3, -0.25) is 0 Å². The molecule has 0 aliphatic heterocycles. The molecule has 1 aromatic carbocycles. The second-order valence-electron chi connectivity index (χ2n) is 3.14. The summed E-state index contributed by atoms with van der Waals surface area (Å²) >= 11 is 4.25. The molecular weight excluding hydrogens is 305 g/mol. The monoisotopic (exact) mass is 320 g/mol. The summed E-state index contributed by atoms with van der Waals surface area (Å²) in [6, 6.07) is 10.8.